The first-order valence-electron chi connectivity index (χ1n) is 9.29. The van der Waals surface area contributed by atoms with Gasteiger partial charge in [0, 0.05) is 31.2 Å². The molecule has 3 rings (SSSR count). The fourth-order valence-electron chi connectivity index (χ4n) is 2.97. The number of rotatable bonds is 7. The average Bonchev–Trinajstić information content (AvgIpc) is 2.74. The molecule has 0 radical (unpaired) electrons. The molecule has 0 unspecified atom stereocenters. The number of carbonyl (C=O) groups excluding carboxylic acids is 1. The Morgan fingerprint density at radius 1 is 0.931 bits per heavy atom. The van der Waals surface area contributed by atoms with E-state index < -0.39 is 10.0 Å². The molecule has 1 aliphatic rings. The number of sulfonamides is 1. The van der Waals surface area contributed by atoms with Crippen LogP contribution in [-0.4, -0.2) is 62.9 Å². The van der Waals surface area contributed by atoms with Crippen LogP contribution in [0, 0.1) is 0 Å². The van der Waals surface area contributed by atoms with Crippen LogP contribution in [-0.2, 0) is 14.8 Å². The van der Waals surface area contributed by atoms with Gasteiger partial charge in [0.2, 0.25) is 10.0 Å². The van der Waals surface area contributed by atoms with E-state index in [0.29, 0.717) is 36.2 Å². The Hall–Kier alpha value is -2.29. The van der Waals surface area contributed by atoms with Gasteiger partial charge in [0.1, 0.15) is 11.5 Å². The predicted octanol–water partition coefficient (Wildman–Crippen LogP) is 2.65. The van der Waals surface area contributed by atoms with Gasteiger partial charge < -0.3 is 14.4 Å². The topological polar surface area (TPSA) is 76.2 Å². The lowest BCUT2D eigenvalue weighted by Crippen LogP contribution is -2.51. The van der Waals surface area contributed by atoms with E-state index in [9.17, 15) is 13.2 Å². The number of nitrogens with zero attached hydrogens (tertiary/aromatic N) is 2. The van der Waals surface area contributed by atoms with Crippen molar-refractivity contribution in [1.29, 1.82) is 0 Å². The highest BCUT2D eigenvalue weighted by Gasteiger charge is 2.30. The van der Waals surface area contributed by atoms with Crippen LogP contribution in [0.4, 0.5) is 0 Å². The van der Waals surface area contributed by atoms with Crippen LogP contribution in [0.25, 0.3) is 0 Å². The first-order valence-corrected chi connectivity index (χ1v) is 11.1. The molecule has 1 amide bonds. The van der Waals surface area contributed by atoms with Crippen molar-refractivity contribution in [2.45, 2.75) is 11.8 Å². The van der Waals surface area contributed by atoms with Gasteiger partial charge in [0.05, 0.1) is 11.5 Å². The summed E-state index contributed by atoms with van der Waals surface area (Å²) in [6, 6.07) is 13.1. The van der Waals surface area contributed by atoms with Crippen molar-refractivity contribution in [3.05, 3.63) is 53.6 Å². The third-order valence-corrected chi connectivity index (χ3v) is 6.70. The van der Waals surface area contributed by atoms with Crippen molar-refractivity contribution < 1.29 is 22.7 Å². The lowest BCUT2D eigenvalue weighted by Gasteiger charge is -2.34. The van der Waals surface area contributed by atoms with Crippen LogP contribution >= 0.6 is 11.6 Å². The molecule has 1 aliphatic heterocycles. The van der Waals surface area contributed by atoms with Crippen LogP contribution in [0.15, 0.2) is 53.4 Å². The number of ether oxygens (including phenoxy) is 2. The van der Waals surface area contributed by atoms with E-state index in [2.05, 4.69) is 0 Å². The van der Waals surface area contributed by atoms with E-state index >= 15 is 0 Å². The van der Waals surface area contributed by atoms with E-state index in [1.807, 2.05) is 6.92 Å². The molecule has 29 heavy (non-hydrogen) atoms. The minimum Gasteiger partial charge on any atom is -0.494 e. The average molecular weight is 439 g/mol. The van der Waals surface area contributed by atoms with Crippen molar-refractivity contribution in [2.24, 2.45) is 0 Å². The minimum atomic E-state index is -3.61. The highest BCUT2D eigenvalue weighted by atomic mass is 35.5. The van der Waals surface area contributed by atoms with Gasteiger partial charge in [-0.1, -0.05) is 11.6 Å². The molecule has 2 aromatic rings. The normalized spacial score (nSPS) is 15.2. The molecule has 1 heterocycles. The fraction of sp³-hybridized carbons (Fsp3) is 0.350. The first kappa shape index (κ1) is 21.4. The van der Waals surface area contributed by atoms with E-state index in [-0.39, 0.29) is 30.5 Å². The number of amides is 1. The minimum absolute atomic E-state index is 0.104. The summed E-state index contributed by atoms with van der Waals surface area (Å²) in [5, 5.41) is 0.591. The quantitative estimate of drug-likeness (QED) is 0.664. The molecule has 1 saturated heterocycles. The molecule has 0 bridgehead atoms. The van der Waals surface area contributed by atoms with Crippen LogP contribution in [0.1, 0.15) is 6.92 Å². The zero-order valence-corrected chi connectivity index (χ0v) is 17.7. The number of benzene rings is 2. The molecule has 2 aromatic carbocycles. The molecule has 0 aliphatic carbocycles. The van der Waals surface area contributed by atoms with E-state index in [1.54, 1.807) is 41.3 Å². The summed E-state index contributed by atoms with van der Waals surface area (Å²) in [4.78, 5) is 14.2. The molecule has 7 nitrogen and oxygen atoms in total. The maximum Gasteiger partial charge on any atom is 0.260 e. The van der Waals surface area contributed by atoms with Gasteiger partial charge >= 0.3 is 0 Å². The molecule has 9 heteroatoms. The zero-order chi connectivity index (χ0) is 20.9. The van der Waals surface area contributed by atoms with Gasteiger partial charge in [-0.15, -0.1) is 0 Å². The Morgan fingerprint density at radius 2 is 1.48 bits per heavy atom. The third kappa shape index (κ3) is 5.41. The van der Waals surface area contributed by atoms with Gasteiger partial charge in [-0.2, -0.15) is 4.31 Å². The van der Waals surface area contributed by atoms with Crippen LogP contribution in [0.2, 0.25) is 5.02 Å². The van der Waals surface area contributed by atoms with Gasteiger partial charge in [0.25, 0.3) is 5.91 Å². The SMILES string of the molecule is CCOc1ccc(S(=O)(=O)N2CCN(C(=O)COc3ccc(Cl)cc3)CC2)cc1. The number of carbonyl (C=O) groups is 1. The van der Waals surface area contributed by atoms with Gasteiger partial charge in [-0.3, -0.25) is 4.79 Å². The van der Waals surface area contributed by atoms with Crippen LogP contribution in [0.5, 0.6) is 11.5 Å². The van der Waals surface area contributed by atoms with Crippen molar-refractivity contribution in [1.82, 2.24) is 9.21 Å². The van der Waals surface area contributed by atoms with E-state index in [4.69, 9.17) is 21.1 Å². The molecule has 0 spiro atoms. The Bertz CT molecular complexity index is 924. The molecular weight excluding hydrogens is 416 g/mol. The van der Waals surface area contributed by atoms with Gasteiger partial charge in [-0.05, 0) is 55.5 Å². The number of hydrogen-bond acceptors (Lipinski definition) is 5. The lowest BCUT2D eigenvalue weighted by molar-refractivity contribution is -0.134. The molecular formula is C20H23ClN2O5S. The Balaban J connectivity index is 1.53. The number of hydrogen-bond donors (Lipinski definition) is 0. The van der Waals surface area contributed by atoms with E-state index in [1.165, 1.54) is 16.4 Å². The van der Waals surface area contributed by atoms with Crippen molar-refractivity contribution >= 4 is 27.5 Å². The standard InChI is InChI=1S/C20H23ClN2O5S/c1-2-27-17-7-9-19(10-8-17)29(25,26)23-13-11-22(12-14-23)20(24)15-28-18-5-3-16(21)4-6-18/h3-10H,2,11-15H2,1H3. The molecule has 1 fully saturated rings. The fourth-order valence-corrected chi connectivity index (χ4v) is 4.52. The summed E-state index contributed by atoms with van der Waals surface area (Å²) in [7, 11) is -3.61. The zero-order valence-electron chi connectivity index (χ0n) is 16.1. The summed E-state index contributed by atoms with van der Waals surface area (Å²) >= 11 is 5.82. The van der Waals surface area contributed by atoms with Crippen molar-refractivity contribution in [3.8, 4) is 11.5 Å². The predicted molar refractivity (Wildman–Crippen MR) is 110 cm³/mol. The second-order valence-corrected chi connectivity index (χ2v) is 8.81. The Morgan fingerprint density at radius 3 is 2.07 bits per heavy atom. The maximum absolute atomic E-state index is 12.8. The Kier molecular flexibility index (Phi) is 7.00. The summed E-state index contributed by atoms with van der Waals surface area (Å²) in [5.74, 6) is 1.00. The monoisotopic (exact) mass is 438 g/mol. The van der Waals surface area contributed by atoms with Gasteiger partial charge in [0.15, 0.2) is 6.61 Å². The second kappa shape index (κ2) is 9.47. The lowest BCUT2D eigenvalue weighted by atomic mass is 10.3. The molecule has 0 saturated carbocycles. The molecule has 0 aromatic heterocycles. The molecule has 156 valence electrons. The number of halogens is 1. The van der Waals surface area contributed by atoms with Gasteiger partial charge in [-0.25, -0.2) is 8.42 Å². The van der Waals surface area contributed by atoms with Crippen LogP contribution < -0.4 is 9.47 Å². The van der Waals surface area contributed by atoms with Crippen LogP contribution in [0.3, 0.4) is 0 Å². The first-order chi connectivity index (χ1) is 13.9. The Labute approximate surface area is 175 Å². The maximum atomic E-state index is 12.8. The largest absolute Gasteiger partial charge is 0.494 e. The van der Waals surface area contributed by atoms with Crippen molar-refractivity contribution in [2.75, 3.05) is 39.4 Å². The summed E-state index contributed by atoms with van der Waals surface area (Å²) in [6.45, 7) is 3.39. The highest BCUT2D eigenvalue weighted by molar-refractivity contribution is 7.89. The second-order valence-electron chi connectivity index (χ2n) is 6.43. The summed E-state index contributed by atoms with van der Waals surface area (Å²) in [5.41, 5.74) is 0. The summed E-state index contributed by atoms with van der Waals surface area (Å²) < 4.78 is 37.9. The van der Waals surface area contributed by atoms with Crippen molar-refractivity contribution in [3.63, 3.8) is 0 Å². The van der Waals surface area contributed by atoms with E-state index in [0.717, 1.165) is 0 Å². The third-order valence-electron chi connectivity index (χ3n) is 4.54. The summed E-state index contributed by atoms with van der Waals surface area (Å²) in [6.07, 6.45) is 0. The highest BCUT2D eigenvalue weighted by Crippen LogP contribution is 2.21. The number of piperazine rings is 1. The molecule has 0 atom stereocenters. The smallest absolute Gasteiger partial charge is 0.260 e. The molecule has 0 N–H and O–H groups in total.